The van der Waals surface area contributed by atoms with E-state index in [1.165, 1.54) is 28.2 Å². The molecule has 1 atom stereocenters. The summed E-state index contributed by atoms with van der Waals surface area (Å²) < 4.78 is 26.4. The summed E-state index contributed by atoms with van der Waals surface area (Å²) in [6.45, 7) is 3.59. The van der Waals surface area contributed by atoms with E-state index < -0.39 is 21.8 Å². The number of nitrogens with two attached hydrogens (primary N) is 1. The maximum Gasteiger partial charge on any atom is 0.261 e. The van der Waals surface area contributed by atoms with Crippen molar-refractivity contribution in [3.8, 4) is 0 Å². The van der Waals surface area contributed by atoms with Crippen molar-refractivity contribution < 1.29 is 35.7 Å². The monoisotopic (exact) mass is 496 g/mol. The average Bonchev–Trinajstić information content (AvgIpc) is 3.27. The Labute approximate surface area is 205 Å². The standard InChI is InChI=1S/C26H24N2O4S.ClH/c1-17(19-5-3-2-4-6-19)28-25(29)12-20-9-10-23(13-24(20)26(28)30)33(31,32)16-18-7-8-21-14-27-15-22(21)11-18;/h2-11,13,17,27H,12,14-16H2,1H3;1H. The van der Waals surface area contributed by atoms with Crippen LogP contribution in [0.5, 0.6) is 0 Å². The van der Waals surface area contributed by atoms with Crippen LogP contribution in [0, 0.1) is 0 Å². The van der Waals surface area contributed by atoms with Crippen molar-refractivity contribution >= 4 is 21.7 Å². The zero-order valence-corrected chi connectivity index (χ0v) is 20.3. The van der Waals surface area contributed by atoms with E-state index in [2.05, 4.69) is 5.32 Å². The van der Waals surface area contributed by atoms with Gasteiger partial charge in [0.15, 0.2) is 9.84 Å². The molecule has 2 aliphatic rings. The van der Waals surface area contributed by atoms with Crippen LogP contribution >= 0.6 is 0 Å². The smallest absolute Gasteiger partial charge is 0.261 e. The van der Waals surface area contributed by atoms with E-state index in [-0.39, 0.29) is 40.9 Å². The number of nitrogens with zero attached hydrogens (tertiary/aromatic N) is 1. The lowest BCUT2D eigenvalue weighted by atomic mass is 9.95. The first-order valence-corrected chi connectivity index (χ1v) is 12.7. The van der Waals surface area contributed by atoms with Crippen LogP contribution in [0.2, 0.25) is 0 Å². The molecule has 6 nitrogen and oxygen atoms in total. The fourth-order valence-corrected chi connectivity index (χ4v) is 6.07. The van der Waals surface area contributed by atoms with Gasteiger partial charge in [-0.25, -0.2) is 8.42 Å². The molecule has 1 unspecified atom stereocenters. The second kappa shape index (κ2) is 9.33. The van der Waals surface area contributed by atoms with Crippen molar-refractivity contribution in [2.75, 3.05) is 0 Å². The molecular weight excluding hydrogens is 472 g/mol. The summed E-state index contributed by atoms with van der Waals surface area (Å²) in [5.41, 5.74) is 4.85. The zero-order chi connectivity index (χ0) is 23.2. The number of quaternary nitrogens is 1. The van der Waals surface area contributed by atoms with Gasteiger partial charge in [0.2, 0.25) is 5.91 Å². The van der Waals surface area contributed by atoms with Crippen molar-refractivity contribution in [3.05, 3.63) is 100 Å². The van der Waals surface area contributed by atoms with Gasteiger partial charge in [0, 0.05) is 16.7 Å². The minimum absolute atomic E-state index is 0. The van der Waals surface area contributed by atoms with Crippen LogP contribution in [0.25, 0.3) is 0 Å². The average molecular weight is 497 g/mol. The Morgan fingerprint density at radius 1 is 0.912 bits per heavy atom. The van der Waals surface area contributed by atoms with Crippen LogP contribution in [-0.2, 0) is 39.9 Å². The Morgan fingerprint density at radius 2 is 1.62 bits per heavy atom. The van der Waals surface area contributed by atoms with Crippen molar-refractivity contribution in [3.63, 3.8) is 0 Å². The Balaban J connectivity index is 0.00000274. The molecule has 0 radical (unpaired) electrons. The molecule has 0 aliphatic carbocycles. The quantitative estimate of drug-likeness (QED) is 0.484. The Kier molecular flexibility index (Phi) is 6.62. The number of benzene rings is 3. The van der Waals surface area contributed by atoms with Crippen LogP contribution in [0.15, 0.2) is 71.6 Å². The molecule has 0 saturated carbocycles. The number of carbonyl (C=O) groups is 2. The molecule has 0 saturated heterocycles. The SMILES string of the molecule is CC(c1ccccc1)N1C(=O)Cc2ccc(S(=O)(=O)Cc3ccc4c(c3)C[NH2+]C4)cc2C1=O.[Cl-]. The van der Waals surface area contributed by atoms with Gasteiger partial charge in [-0.15, -0.1) is 0 Å². The summed E-state index contributed by atoms with van der Waals surface area (Å²) in [4.78, 5) is 27.4. The van der Waals surface area contributed by atoms with Crippen LogP contribution in [-0.4, -0.2) is 25.1 Å². The lowest BCUT2D eigenvalue weighted by molar-refractivity contribution is -0.676. The summed E-state index contributed by atoms with van der Waals surface area (Å²) in [6.07, 6.45) is 0.0693. The van der Waals surface area contributed by atoms with Gasteiger partial charge in [0.1, 0.15) is 13.1 Å². The van der Waals surface area contributed by atoms with Crippen molar-refractivity contribution in [1.82, 2.24) is 4.90 Å². The van der Waals surface area contributed by atoms with Crippen molar-refractivity contribution in [2.45, 2.75) is 43.1 Å². The first-order chi connectivity index (χ1) is 15.8. The summed E-state index contributed by atoms with van der Waals surface area (Å²) >= 11 is 0. The third-order valence-electron chi connectivity index (χ3n) is 6.53. The van der Waals surface area contributed by atoms with E-state index in [1.54, 1.807) is 6.07 Å². The van der Waals surface area contributed by atoms with Crippen molar-refractivity contribution in [2.24, 2.45) is 0 Å². The summed E-state index contributed by atoms with van der Waals surface area (Å²) in [5, 5.41) is 2.18. The number of sulfone groups is 1. The fraction of sp³-hybridized carbons (Fsp3) is 0.231. The molecule has 5 rings (SSSR count). The first kappa shape index (κ1) is 24.1. The minimum Gasteiger partial charge on any atom is -1.00 e. The summed E-state index contributed by atoms with van der Waals surface area (Å²) in [5.74, 6) is -0.867. The van der Waals surface area contributed by atoms with E-state index in [0.29, 0.717) is 5.56 Å². The Bertz CT molecular complexity index is 1370. The molecule has 2 aliphatic heterocycles. The first-order valence-electron chi connectivity index (χ1n) is 11.0. The second-order valence-corrected chi connectivity index (χ2v) is 10.7. The van der Waals surface area contributed by atoms with Gasteiger partial charge in [0.25, 0.3) is 5.91 Å². The van der Waals surface area contributed by atoms with Gasteiger partial charge >= 0.3 is 0 Å². The molecule has 0 aromatic heterocycles. The van der Waals surface area contributed by atoms with Gasteiger partial charge in [-0.3, -0.25) is 14.5 Å². The molecule has 0 fully saturated rings. The highest BCUT2D eigenvalue weighted by Gasteiger charge is 2.35. The number of amides is 2. The van der Waals surface area contributed by atoms with Crippen LogP contribution < -0.4 is 17.7 Å². The van der Waals surface area contributed by atoms with Gasteiger partial charge in [0.05, 0.1) is 23.1 Å². The maximum atomic E-state index is 13.3. The lowest BCUT2D eigenvalue weighted by Crippen LogP contribution is -3.00. The van der Waals surface area contributed by atoms with Crippen LogP contribution in [0.3, 0.4) is 0 Å². The van der Waals surface area contributed by atoms with E-state index in [1.807, 2.05) is 55.5 Å². The molecule has 3 aromatic carbocycles. The molecule has 2 amide bonds. The number of hydrogen-bond donors (Lipinski definition) is 1. The molecule has 176 valence electrons. The second-order valence-electron chi connectivity index (χ2n) is 8.71. The van der Waals surface area contributed by atoms with E-state index in [9.17, 15) is 18.0 Å². The Hall–Kier alpha value is -3.00. The highest BCUT2D eigenvalue weighted by molar-refractivity contribution is 7.90. The predicted molar refractivity (Wildman–Crippen MR) is 123 cm³/mol. The van der Waals surface area contributed by atoms with Crippen LogP contribution in [0.1, 0.15) is 51.1 Å². The number of rotatable bonds is 5. The zero-order valence-electron chi connectivity index (χ0n) is 18.7. The molecule has 2 heterocycles. The lowest BCUT2D eigenvalue weighted by Gasteiger charge is -2.32. The molecule has 0 spiro atoms. The number of imide groups is 1. The highest BCUT2D eigenvalue weighted by Crippen LogP contribution is 2.30. The number of carbonyl (C=O) groups excluding carboxylic acids is 2. The number of hydrogen-bond acceptors (Lipinski definition) is 4. The Morgan fingerprint density at radius 3 is 2.38 bits per heavy atom. The summed E-state index contributed by atoms with van der Waals surface area (Å²) in [7, 11) is -3.66. The normalized spacial score (nSPS) is 16.0. The minimum atomic E-state index is -3.66. The largest absolute Gasteiger partial charge is 1.00 e. The molecular formula is C26H25ClN2O4S. The predicted octanol–water partition coefficient (Wildman–Crippen LogP) is -0.472. The number of halogens is 1. The topological polar surface area (TPSA) is 88.1 Å². The van der Waals surface area contributed by atoms with Gasteiger partial charge in [-0.1, -0.05) is 48.5 Å². The van der Waals surface area contributed by atoms with Gasteiger partial charge in [-0.05, 0) is 41.8 Å². The van der Waals surface area contributed by atoms with E-state index >= 15 is 0 Å². The van der Waals surface area contributed by atoms with Crippen LogP contribution in [0.4, 0.5) is 0 Å². The maximum absolute atomic E-state index is 13.3. The third-order valence-corrected chi connectivity index (χ3v) is 8.21. The molecule has 2 N–H and O–H groups in total. The molecule has 0 bridgehead atoms. The number of fused-ring (bicyclic) bond motifs is 2. The molecule has 3 aromatic rings. The van der Waals surface area contributed by atoms with E-state index in [4.69, 9.17) is 0 Å². The van der Waals surface area contributed by atoms with E-state index in [0.717, 1.165) is 24.2 Å². The van der Waals surface area contributed by atoms with Crippen molar-refractivity contribution in [1.29, 1.82) is 0 Å². The highest BCUT2D eigenvalue weighted by atomic mass is 35.5. The fourth-order valence-electron chi connectivity index (χ4n) is 4.71. The third kappa shape index (κ3) is 4.39. The summed E-state index contributed by atoms with van der Waals surface area (Å²) in [6, 6.07) is 19.3. The van der Waals surface area contributed by atoms with Gasteiger partial charge in [-0.2, -0.15) is 0 Å². The molecule has 34 heavy (non-hydrogen) atoms. The molecule has 8 heteroatoms. The van der Waals surface area contributed by atoms with Gasteiger partial charge < -0.3 is 17.7 Å².